The number of aromatic nitrogens is 3. The zero-order valence-corrected chi connectivity index (χ0v) is 15.2. The molecule has 3 aliphatic rings. The van der Waals surface area contributed by atoms with Gasteiger partial charge < -0.3 is 14.4 Å². The fraction of sp³-hybridized carbons (Fsp3) is 0.500. The van der Waals surface area contributed by atoms with Crippen molar-refractivity contribution in [3.05, 3.63) is 53.9 Å². The maximum atomic E-state index is 13.1. The fourth-order valence-corrected chi connectivity index (χ4v) is 4.43. The van der Waals surface area contributed by atoms with E-state index in [4.69, 9.17) is 9.47 Å². The number of hydrogen-bond acceptors (Lipinski definition) is 6. The number of aryl methyl sites for hydroxylation is 1. The Morgan fingerprint density at radius 3 is 2.93 bits per heavy atom. The molecule has 2 aliphatic heterocycles. The molecule has 3 fully saturated rings. The van der Waals surface area contributed by atoms with E-state index in [0.717, 1.165) is 29.8 Å². The highest BCUT2D eigenvalue weighted by Gasteiger charge is 2.63. The van der Waals surface area contributed by atoms with E-state index in [9.17, 15) is 4.79 Å². The number of carbonyl (C=O) groups excluding carboxylic acids is 1. The first-order valence-electron chi connectivity index (χ1n) is 9.45. The van der Waals surface area contributed by atoms with Gasteiger partial charge in [-0.05, 0) is 31.4 Å². The van der Waals surface area contributed by atoms with Gasteiger partial charge in [0.1, 0.15) is 6.23 Å². The highest BCUT2D eigenvalue weighted by atomic mass is 16.6. The highest BCUT2D eigenvalue weighted by Crippen LogP contribution is 2.51. The molecule has 4 heterocycles. The van der Waals surface area contributed by atoms with Gasteiger partial charge >= 0.3 is 0 Å². The molecule has 140 valence electrons. The summed E-state index contributed by atoms with van der Waals surface area (Å²) in [6.45, 7) is 2.50. The van der Waals surface area contributed by atoms with Crippen LogP contribution in [0.5, 0.6) is 0 Å². The van der Waals surface area contributed by atoms with Crippen LogP contribution >= 0.6 is 0 Å². The monoisotopic (exact) mass is 366 g/mol. The summed E-state index contributed by atoms with van der Waals surface area (Å²) in [5.41, 5.74) is 2.20. The maximum Gasteiger partial charge on any atom is 0.257 e. The number of nitrogens with zero attached hydrogens (tertiary/aromatic N) is 4. The molecule has 2 aromatic rings. The molecule has 27 heavy (non-hydrogen) atoms. The second-order valence-corrected chi connectivity index (χ2v) is 7.59. The lowest BCUT2D eigenvalue weighted by Crippen LogP contribution is -2.54. The van der Waals surface area contributed by atoms with Gasteiger partial charge in [0.25, 0.3) is 5.91 Å². The third-order valence-electron chi connectivity index (χ3n) is 5.95. The molecule has 5 rings (SSSR count). The van der Waals surface area contributed by atoms with Crippen molar-refractivity contribution in [2.24, 2.45) is 0 Å². The van der Waals surface area contributed by atoms with E-state index < -0.39 is 5.60 Å². The van der Waals surface area contributed by atoms with Gasteiger partial charge in [-0.2, -0.15) is 0 Å². The Hall–Kier alpha value is -2.38. The van der Waals surface area contributed by atoms with Gasteiger partial charge in [-0.3, -0.25) is 19.7 Å². The van der Waals surface area contributed by atoms with Crippen LogP contribution in [0.15, 0.2) is 36.9 Å². The molecule has 1 amide bonds. The summed E-state index contributed by atoms with van der Waals surface area (Å²) in [7, 11) is 0. The Morgan fingerprint density at radius 2 is 2.15 bits per heavy atom. The zero-order chi connectivity index (χ0) is 18.4. The normalized spacial score (nSPS) is 32.0. The maximum absolute atomic E-state index is 13.1. The van der Waals surface area contributed by atoms with Gasteiger partial charge in [-0.1, -0.05) is 6.07 Å². The van der Waals surface area contributed by atoms with E-state index in [1.807, 2.05) is 24.0 Å². The Bertz CT molecular complexity index is 853. The SMILES string of the molecule is Cc1ncccc1COC1CC2(C1)O[C@@H]1CC[C@@H](c3cnccn3)N1C2=O. The van der Waals surface area contributed by atoms with Gasteiger partial charge in [0.05, 0.1) is 30.6 Å². The van der Waals surface area contributed by atoms with Crippen LogP contribution in [-0.2, 0) is 20.9 Å². The van der Waals surface area contributed by atoms with Crippen molar-refractivity contribution >= 4 is 5.91 Å². The van der Waals surface area contributed by atoms with Crippen molar-refractivity contribution in [1.29, 1.82) is 0 Å². The standard InChI is InChI=1S/C20H22N4O3/c1-13-14(3-2-6-22-13)12-26-15-9-20(10-15)19(25)24-17(4-5-18(24)27-20)16-11-21-7-8-23-16/h2-3,6-8,11,15,17-18H,4-5,9-10,12H2,1H3/t15?,17-,18+,20?/m0/s1. The van der Waals surface area contributed by atoms with Gasteiger partial charge in [-0.15, -0.1) is 0 Å². The largest absolute Gasteiger partial charge is 0.373 e. The average Bonchev–Trinajstić information content (AvgIpc) is 3.19. The number of amides is 1. The molecule has 1 saturated carbocycles. The van der Waals surface area contributed by atoms with Crippen LogP contribution in [0.25, 0.3) is 0 Å². The summed E-state index contributed by atoms with van der Waals surface area (Å²) in [5, 5.41) is 0. The lowest BCUT2D eigenvalue weighted by Gasteiger charge is -2.42. The van der Waals surface area contributed by atoms with Crippen molar-refractivity contribution in [1.82, 2.24) is 19.9 Å². The molecule has 0 unspecified atom stereocenters. The number of pyridine rings is 1. The van der Waals surface area contributed by atoms with E-state index in [1.54, 1.807) is 24.8 Å². The Balaban J connectivity index is 1.23. The zero-order valence-electron chi connectivity index (χ0n) is 15.2. The van der Waals surface area contributed by atoms with Crippen molar-refractivity contribution in [2.45, 2.75) is 63.2 Å². The Labute approximate surface area is 157 Å². The van der Waals surface area contributed by atoms with E-state index in [1.165, 1.54) is 0 Å². The van der Waals surface area contributed by atoms with Crippen molar-refractivity contribution in [3.63, 3.8) is 0 Å². The molecule has 0 N–H and O–H groups in total. The van der Waals surface area contributed by atoms with Crippen molar-refractivity contribution in [2.75, 3.05) is 0 Å². The van der Waals surface area contributed by atoms with Crippen molar-refractivity contribution < 1.29 is 14.3 Å². The lowest BCUT2D eigenvalue weighted by atomic mass is 9.76. The minimum absolute atomic E-state index is 0.0337. The molecule has 0 bridgehead atoms. The third-order valence-corrected chi connectivity index (χ3v) is 5.95. The van der Waals surface area contributed by atoms with Crippen LogP contribution in [0.2, 0.25) is 0 Å². The molecule has 2 saturated heterocycles. The molecule has 1 aliphatic carbocycles. The van der Waals surface area contributed by atoms with Gasteiger partial charge in [0.15, 0.2) is 5.60 Å². The molecular weight excluding hydrogens is 344 g/mol. The summed E-state index contributed by atoms with van der Waals surface area (Å²) < 4.78 is 12.2. The number of hydrogen-bond donors (Lipinski definition) is 0. The first-order valence-corrected chi connectivity index (χ1v) is 9.45. The van der Waals surface area contributed by atoms with Crippen LogP contribution in [0, 0.1) is 6.92 Å². The Kier molecular flexibility index (Phi) is 3.94. The summed E-state index contributed by atoms with van der Waals surface area (Å²) in [6, 6.07) is 3.91. The van der Waals surface area contributed by atoms with Crippen molar-refractivity contribution in [3.8, 4) is 0 Å². The third kappa shape index (κ3) is 2.73. The van der Waals surface area contributed by atoms with Crippen LogP contribution in [-0.4, -0.2) is 43.7 Å². The Morgan fingerprint density at radius 1 is 1.26 bits per heavy atom. The fourth-order valence-electron chi connectivity index (χ4n) is 4.43. The topological polar surface area (TPSA) is 77.4 Å². The number of carbonyl (C=O) groups is 1. The predicted octanol–water partition coefficient (Wildman–Crippen LogP) is 2.32. The van der Waals surface area contributed by atoms with Crippen LogP contribution < -0.4 is 0 Å². The number of rotatable bonds is 4. The molecule has 2 aromatic heterocycles. The smallest absolute Gasteiger partial charge is 0.257 e. The second-order valence-electron chi connectivity index (χ2n) is 7.59. The average molecular weight is 366 g/mol. The first-order chi connectivity index (χ1) is 13.2. The van der Waals surface area contributed by atoms with Gasteiger partial charge in [0, 0.05) is 37.1 Å². The molecule has 2 atom stereocenters. The molecular formula is C20H22N4O3. The van der Waals surface area contributed by atoms with Crippen LogP contribution in [0.3, 0.4) is 0 Å². The van der Waals surface area contributed by atoms with Gasteiger partial charge in [-0.25, -0.2) is 0 Å². The number of ether oxygens (including phenoxy) is 2. The van der Waals surface area contributed by atoms with Gasteiger partial charge in [0.2, 0.25) is 0 Å². The van der Waals surface area contributed by atoms with E-state index in [2.05, 4.69) is 15.0 Å². The molecule has 0 radical (unpaired) electrons. The minimum atomic E-state index is -0.708. The van der Waals surface area contributed by atoms with Crippen LogP contribution in [0.4, 0.5) is 0 Å². The van der Waals surface area contributed by atoms with E-state index in [0.29, 0.717) is 19.4 Å². The quantitative estimate of drug-likeness (QED) is 0.826. The summed E-state index contributed by atoms with van der Waals surface area (Å²) >= 11 is 0. The van der Waals surface area contributed by atoms with Crippen LogP contribution in [0.1, 0.15) is 48.7 Å². The first kappa shape index (κ1) is 16.8. The molecule has 7 nitrogen and oxygen atoms in total. The lowest BCUT2D eigenvalue weighted by molar-refractivity contribution is -0.177. The second kappa shape index (κ2) is 6.35. The summed E-state index contributed by atoms with van der Waals surface area (Å²) in [4.78, 5) is 27.8. The molecule has 7 heteroatoms. The summed E-state index contributed by atoms with van der Waals surface area (Å²) in [5.74, 6) is 0.0815. The summed E-state index contributed by atoms with van der Waals surface area (Å²) in [6.07, 6.45) is 9.69. The predicted molar refractivity (Wildman–Crippen MR) is 95.2 cm³/mol. The highest BCUT2D eigenvalue weighted by molar-refractivity contribution is 5.89. The molecule has 0 aromatic carbocycles. The minimum Gasteiger partial charge on any atom is -0.373 e. The number of fused-ring (bicyclic) bond motifs is 1. The molecule has 1 spiro atoms. The van der Waals surface area contributed by atoms with E-state index >= 15 is 0 Å². The van der Waals surface area contributed by atoms with E-state index in [-0.39, 0.29) is 24.3 Å².